The van der Waals surface area contributed by atoms with Crippen LogP contribution in [0.15, 0.2) is 24.3 Å². The number of benzene rings is 1. The maximum Gasteiger partial charge on any atom is 0.217 e. The number of carbonyl (C=O) groups is 1. The van der Waals surface area contributed by atoms with Crippen LogP contribution in [0.5, 0.6) is 0 Å². The SMILES string of the molecule is CC(=O)N[C@@H](Cc1ccc(C)cc1)[C@H]1CO1. The van der Waals surface area contributed by atoms with E-state index in [0.29, 0.717) is 0 Å². The molecule has 0 radical (unpaired) electrons. The highest BCUT2D eigenvalue weighted by Crippen LogP contribution is 2.18. The third kappa shape index (κ3) is 3.07. The van der Waals surface area contributed by atoms with Crippen molar-refractivity contribution in [3.63, 3.8) is 0 Å². The number of aryl methyl sites for hydroxylation is 1. The van der Waals surface area contributed by atoms with Crippen molar-refractivity contribution >= 4 is 5.91 Å². The molecule has 1 aromatic carbocycles. The Morgan fingerprint density at radius 3 is 2.62 bits per heavy atom. The molecule has 0 spiro atoms. The Morgan fingerprint density at radius 2 is 2.12 bits per heavy atom. The molecule has 0 aliphatic carbocycles. The number of hydrogen-bond donors (Lipinski definition) is 1. The lowest BCUT2D eigenvalue weighted by Crippen LogP contribution is -2.39. The molecule has 1 aromatic rings. The molecule has 0 saturated carbocycles. The Hall–Kier alpha value is -1.35. The second-order valence-electron chi connectivity index (χ2n) is 4.37. The van der Waals surface area contributed by atoms with Gasteiger partial charge in [-0.05, 0) is 18.9 Å². The topological polar surface area (TPSA) is 41.6 Å². The van der Waals surface area contributed by atoms with Gasteiger partial charge in [0, 0.05) is 6.92 Å². The molecular formula is C13H17NO2. The highest BCUT2D eigenvalue weighted by molar-refractivity contribution is 5.73. The standard InChI is InChI=1S/C13H17NO2/c1-9-3-5-11(6-4-9)7-12(13-8-16-13)14-10(2)15/h3-6,12-13H,7-8H2,1-2H3,(H,14,15)/t12-,13+/m0/s1. The summed E-state index contributed by atoms with van der Waals surface area (Å²) in [6.07, 6.45) is 1.04. The fraction of sp³-hybridized carbons (Fsp3) is 0.462. The normalized spacial score (nSPS) is 20.2. The zero-order valence-electron chi connectivity index (χ0n) is 9.69. The van der Waals surface area contributed by atoms with Crippen LogP contribution >= 0.6 is 0 Å². The van der Waals surface area contributed by atoms with Gasteiger partial charge in [-0.15, -0.1) is 0 Å². The van der Waals surface area contributed by atoms with Crippen LogP contribution in [0.2, 0.25) is 0 Å². The molecule has 1 saturated heterocycles. The zero-order valence-corrected chi connectivity index (χ0v) is 9.69. The highest BCUT2D eigenvalue weighted by Gasteiger charge is 2.33. The lowest BCUT2D eigenvalue weighted by atomic mass is 10.0. The minimum absolute atomic E-state index is 0.00705. The van der Waals surface area contributed by atoms with Crippen molar-refractivity contribution in [3.05, 3.63) is 35.4 Å². The molecule has 2 rings (SSSR count). The van der Waals surface area contributed by atoms with E-state index in [0.717, 1.165) is 13.0 Å². The Labute approximate surface area is 95.8 Å². The smallest absolute Gasteiger partial charge is 0.217 e. The van der Waals surface area contributed by atoms with Gasteiger partial charge in [0.15, 0.2) is 0 Å². The molecule has 16 heavy (non-hydrogen) atoms. The Balaban J connectivity index is 1.99. The molecular weight excluding hydrogens is 202 g/mol. The van der Waals surface area contributed by atoms with E-state index in [1.165, 1.54) is 11.1 Å². The fourth-order valence-corrected chi connectivity index (χ4v) is 1.80. The van der Waals surface area contributed by atoms with Crippen molar-refractivity contribution in [1.82, 2.24) is 5.32 Å². The number of rotatable bonds is 4. The van der Waals surface area contributed by atoms with Crippen molar-refractivity contribution in [2.75, 3.05) is 6.61 Å². The van der Waals surface area contributed by atoms with Crippen molar-refractivity contribution in [2.24, 2.45) is 0 Å². The molecule has 2 atom stereocenters. The number of hydrogen-bond acceptors (Lipinski definition) is 2. The van der Waals surface area contributed by atoms with Crippen LogP contribution in [0, 0.1) is 6.92 Å². The second kappa shape index (κ2) is 4.66. The Morgan fingerprint density at radius 1 is 1.50 bits per heavy atom. The van der Waals surface area contributed by atoms with Crippen molar-refractivity contribution in [1.29, 1.82) is 0 Å². The Bertz CT molecular complexity index is 368. The number of nitrogens with one attached hydrogen (secondary N) is 1. The third-order valence-electron chi connectivity index (χ3n) is 2.77. The second-order valence-corrected chi connectivity index (χ2v) is 4.37. The van der Waals surface area contributed by atoms with E-state index >= 15 is 0 Å². The van der Waals surface area contributed by atoms with Gasteiger partial charge in [0.1, 0.15) is 6.10 Å². The van der Waals surface area contributed by atoms with E-state index in [2.05, 4.69) is 36.5 Å². The van der Waals surface area contributed by atoms with Gasteiger partial charge in [-0.3, -0.25) is 4.79 Å². The first kappa shape index (κ1) is 11.1. The average Bonchev–Trinajstić information content (AvgIpc) is 3.03. The van der Waals surface area contributed by atoms with Crippen LogP contribution in [0.25, 0.3) is 0 Å². The molecule has 1 amide bonds. The van der Waals surface area contributed by atoms with E-state index in [-0.39, 0.29) is 18.1 Å². The van der Waals surface area contributed by atoms with Crippen LogP contribution < -0.4 is 5.32 Å². The molecule has 1 aliphatic heterocycles. The largest absolute Gasteiger partial charge is 0.371 e. The monoisotopic (exact) mass is 219 g/mol. The lowest BCUT2D eigenvalue weighted by Gasteiger charge is -2.15. The van der Waals surface area contributed by atoms with Gasteiger partial charge in [0.25, 0.3) is 0 Å². The minimum atomic E-state index is 0.00705. The predicted molar refractivity (Wildman–Crippen MR) is 62.2 cm³/mol. The van der Waals surface area contributed by atoms with E-state index in [1.54, 1.807) is 6.92 Å². The van der Waals surface area contributed by atoms with Gasteiger partial charge >= 0.3 is 0 Å². The number of ether oxygens (including phenoxy) is 1. The summed E-state index contributed by atoms with van der Waals surface area (Å²) < 4.78 is 5.25. The van der Waals surface area contributed by atoms with Crippen LogP contribution in [0.4, 0.5) is 0 Å². The average molecular weight is 219 g/mol. The number of carbonyl (C=O) groups excluding carboxylic acids is 1. The molecule has 86 valence electrons. The van der Waals surface area contributed by atoms with Gasteiger partial charge in [-0.2, -0.15) is 0 Å². The van der Waals surface area contributed by atoms with E-state index in [9.17, 15) is 4.79 Å². The zero-order chi connectivity index (χ0) is 11.5. The van der Waals surface area contributed by atoms with Gasteiger partial charge in [0.2, 0.25) is 5.91 Å². The first-order valence-electron chi connectivity index (χ1n) is 5.59. The molecule has 3 heteroatoms. The molecule has 1 aliphatic rings. The summed E-state index contributed by atoms with van der Waals surface area (Å²) in [6, 6.07) is 8.50. The maximum atomic E-state index is 11.1. The molecule has 1 fully saturated rings. The quantitative estimate of drug-likeness (QED) is 0.779. The van der Waals surface area contributed by atoms with E-state index < -0.39 is 0 Å². The summed E-state index contributed by atoms with van der Waals surface area (Å²) >= 11 is 0. The predicted octanol–water partition coefficient (Wildman–Crippen LogP) is 1.44. The number of epoxide rings is 1. The summed E-state index contributed by atoms with van der Waals surface area (Å²) in [4.78, 5) is 11.1. The van der Waals surface area contributed by atoms with Gasteiger partial charge in [-0.1, -0.05) is 29.8 Å². The summed E-state index contributed by atoms with van der Waals surface area (Å²) in [5.41, 5.74) is 2.49. The molecule has 0 aromatic heterocycles. The van der Waals surface area contributed by atoms with Crippen LogP contribution in [-0.2, 0) is 16.0 Å². The first-order chi connectivity index (χ1) is 7.65. The van der Waals surface area contributed by atoms with Crippen LogP contribution in [-0.4, -0.2) is 24.7 Å². The van der Waals surface area contributed by atoms with Gasteiger partial charge in [0.05, 0.1) is 12.6 Å². The molecule has 1 heterocycles. The molecule has 3 nitrogen and oxygen atoms in total. The molecule has 0 unspecified atom stereocenters. The van der Waals surface area contributed by atoms with Crippen LogP contribution in [0.1, 0.15) is 18.1 Å². The number of amides is 1. The minimum Gasteiger partial charge on any atom is -0.371 e. The van der Waals surface area contributed by atoms with E-state index in [4.69, 9.17) is 4.74 Å². The van der Waals surface area contributed by atoms with Crippen LogP contribution in [0.3, 0.4) is 0 Å². The fourth-order valence-electron chi connectivity index (χ4n) is 1.80. The van der Waals surface area contributed by atoms with Gasteiger partial charge in [-0.25, -0.2) is 0 Å². The molecule has 0 bridgehead atoms. The lowest BCUT2D eigenvalue weighted by molar-refractivity contribution is -0.119. The van der Waals surface area contributed by atoms with Crippen molar-refractivity contribution < 1.29 is 9.53 Å². The first-order valence-corrected chi connectivity index (χ1v) is 5.59. The van der Waals surface area contributed by atoms with Crippen molar-refractivity contribution in [3.8, 4) is 0 Å². The highest BCUT2D eigenvalue weighted by atomic mass is 16.6. The summed E-state index contributed by atoms with van der Waals surface area (Å²) in [5, 5.41) is 2.94. The van der Waals surface area contributed by atoms with Gasteiger partial charge < -0.3 is 10.1 Å². The summed E-state index contributed by atoms with van der Waals surface area (Å²) in [7, 11) is 0. The Kier molecular flexibility index (Phi) is 3.25. The van der Waals surface area contributed by atoms with E-state index in [1.807, 2.05) is 0 Å². The third-order valence-corrected chi connectivity index (χ3v) is 2.77. The molecule has 1 N–H and O–H groups in total. The maximum absolute atomic E-state index is 11.1. The summed E-state index contributed by atoms with van der Waals surface area (Å²) in [6.45, 7) is 4.38. The summed E-state index contributed by atoms with van der Waals surface area (Å²) in [5.74, 6) is 0.00705. The van der Waals surface area contributed by atoms with Crippen molar-refractivity contribution in [2.45, 2.75) is 32.4 Å².